The Morgan fingerprint density at radius 3 is 2.67 bits per heavy atom. The van der Waals surface area contributed by atoms with Crippen LogP contribution in [0.15, 0.2) is 24.3 Å². The van der Waals surface area contributed by atoms with Gasteiger partial charge in [-0.2, -0.15) is 0 Å². The van der Waals surface area contributed by atoms with Gasteiger partial charge in [-0.15, -0.1) is 23.2 Å². The average molecular weight is 343 g/mol. The number of amides is 1. The van der Waals surface area contributed by atoms with Crippen LogP contribution in [-0.4, -0.2) is 21.4 Å². The van der Waals surface area contributed by atoms with E-state index in [9.17, 15) is 4.79 Å². The van der Waals surface area contributed by atoms with E-state index in [-0.39, 0.29) is 11.9 Å². The number of fused-ring (bicyclic) bond motifs is 1. The molecule has 21 heavy (non-hydrogen) atoms. The van der Waals surface area contributed by atoms with Crippen LogP contribution in [0.2, 0.25) is 0 Å². The first kappa shape index (κ1) is 15.1. The Bertz CT molecular complexity index is 634. The lowest BCUT2D eigenvalue weighted by molar-refractivity contribution is -0.124. The average Bonchev–Trinajstić information content (AvgIpc) is 2.77. The van der Waals surface area contributed by atoms with Crippen molar-refractivity contribution in [3.63, 3.8) is 0 Å². The molecule has 0 saturated heterocycles. The zero-order valence-electron chi connectivity index (χ0n) is 11.8. The molecule has 112 valence electrons. The fourth-order valence-corrected chi connectivity index (χ4v) is 3.89. The molecule has 0 bridgehead atoms. The van der Waals surface area contributed by atoms with Crippen molar-refractivity contribution in [3.05, 3.63) is 29.8 Å². The van der Waals surface area contributed by atoms with E-state index in [2.05, 4.69) is 18.3 Å². The lowest BCUT2D eigenvalue weighted by Gasteiger charge is -2.26. The third kappa shape index (κ3) is 2.33. The molecule has 1 aliphatic carbocycles. The minimum atomic E-state index is -0.985. The topological polar surface area (TPSA) is 32.3 Å². The number of nitrogens with one attached hydrogen (secondary N) is 1. The Labute approximate surface area is 139 Å². The summed E-state index contributed by atoms with van der Waals surface area (Å²) < 4.78 is -0.985. The summed E-state index contributed by atoms with van der Waals surface area (Å²) in [6.45, 7) is 3.84. The van der Waals surface area contributed by atoms with Crippen molar-refractivity contribution in [1.82, 2.24) is 5.32 Å². The molecule has 1 aliphatic heterocycles. The normalized spacial score (nSPS) is 29.0. The van der Waals surface area contributed by atoms with Crippen LogP contribution in [0.5, 0.6) is 0 Å². The molecule has 3 nitrogen and oxygen atoms in total. The van der Waals surface area contributed by atoms with Crippen LogP contribution in [0.1, 0.15) is 25.8 Å². The van der Waals surface area contributed by atoms with Crippen molar-refractivity contribution in [1.29, 1.82) is 0 Å². The Morgan fingerprint density at radius 1 is 1.43 bits per heavy atom. The fraction of sp³-hybridized carbons (Fsp3) is 0.467. The summed E-state index contributed by atoms with van der Waals surface area (Å²) in [4.78, 5) is 14.3. The first-order chi connectivity index (χ1) is 9.76. The van der Waals surface area contributed by atoms with Gasteiger partial charge in [-0.05, 0) is 50.5 Å². The van der Waals surface area contributed by atoms with Crippen molar-refractivity contribution in [2.24, 2.45) is 5.41 Å². The van der Waals surface area contributed by atoms with Gasteiger partial charge in [-0.1, -0.05) is 18.2 Å². The SMILES string of the molecule is C[C@H]1Cc2ccccc2N1C(=S)NC(=O)[C@]1(C)CC1(Cl)Cl. The summed E-state index contributed by atoms with van der Waals surface area (Å²) >= 11 is 17.5. The van der Waals surface area contributed by atoms with Crippen molar-refractivity contribution >= 4 is 52.1 Å². The van der Waals surface area contributed by atoms with Crippen molar-refractivity contribution in [3.8, 4) is 0 Å². The number of carbonyl (C=O) groups is 1. The Balaban J connectivity index is 1.77. The molecule has 2 aliphatic rings. The lowest BCUT2D eigenvalue weighted by atomic mass is 10.1. The number of hydrogen-bond acceptors (Lipinski definition) is 2. The number of rotatable bonds is 1. The number of nitrogens with zero attached hydrogens (tertiary/aromatic N) is 1. The molecule has 1 amide bonds. The molecule has 0 radical (unpaired) electrons. The number of anilines is 1. The van der Waals surface area contributed by atoms with E-state index in [1.54, 1.807) is 6.92 Å². The second kappa shape index (κ2) is 4.83. The van der Waals surface area contributed by atoms with E-state index < -0.39 is 9.75 Å². The van der Waals surface area contributed by atoms with Crippen molar-refractivity contribution in [2.45, 2.75) is 37.1 Å². The number of halogens is 2. The zero-order valence-corrected chi connectivity index (χ0v) is 14.1. The monoisotopic (exact) mass is 342 g/mol. The van der Waals surface area contributed by atoms with Gasteiger partial charge in [0.05, 0.1) is 5.41 Å². The van der Waals surface area contributed by atoms with Crippen LogP contribution in [0.25, 0.3) is 0 Å². The minimum absolute atomic E-state index is 0.214. The number of benzene rings is 1. The summed E-state index contributed by atoms with van der Waals surface area (Å²) in [6, 6.07) is 8.31. The van der Waals surface area contributed by atoms with E-state index in [1.165, 1.54) is 5.56 Å². The highest BCUT2D eigenvalue weighted by molar-refractivity contribution is 7.80. The van der Waals surface area contributed by atoms with Crippen LogP contribution < -0.4 is 10.2 Å². The maximum Gasteiger partial charge on any atom is 0.235 e. The number of para-hydroxylation sites is 1. The van der Waals surface area contributed by atoms with Gasteiger partial charge in [0, 0.05) is 11.7 Å². The lowest BCUT2D eigenvalue weighted by Crippen LogP contribution is -2.48. The van der Waals surface area contributed by atoms with Gasteiger partial charge in [-0.3, -0.25) is 4.79 Å². The number of alkyl halides is 2. The highest BCUT2D eigenvalue weighted by Crippen LogP contribution is 2.63. The van der Waals surface area contributed by atoms with Gasteiger partial charge in [-0.25, -0.2) is 0 Å². The molecule has 6 heteroatoms. The largest absolute Gasteiger partial charge is 0.315 e. The van der Waals surface area contributed by atoms with Crippen LogP contribution in [-0.2, 0) is 11.2 Å². The van der Waals surface area contributed by atoms with Crippen molar-refractivity contribution < 1.29 is 4.79 Å². The molecule has 0 spiro atoms. The molecule has 1 saturated carbocycles. The molecule has 3 rings (SSSR count). The van der Waals surface area contributed by atoms with Crippen molar-refractivity contribution in [2.75, 3.05) is 4.90 Å². The maximum atomic E-state index is 12.3. The molecule has 1 heterocycles. The smallest absolute Gasteiger partial charge is 0.235 e. The summed E-state index contributed by atoms with van der Waals surface area (Å²) in [5.41, 5.74) is 1.53. The fourth-order valence-electron chi connectivity index (χ4n) is 2.82. The summed E-state index contributed by atoms with van der Waals surface area (Å²) in [7, 11) is 0. The van der Waals surface area contributed by atoms with E-state index in [4.69, 9.17) is 35.4 Å². The van der Waals surface area contributed by atoms with Crippen LogP contribution >= 0.6 is 35.4 Å². The molecule has 2 atom stereocenters. The summed E-state index contributed by atoms with van der Waals surface area (Å²) in [6.07, 6.45) is 1.36. The quantitative estimate of drug-likeness (QED) is 0.626. The number of hydrogen-bond donors (Lipinski definition) is 1. The summed E-state index contributed by atoms with van der Waals surface area (Å²) in [5.74, 6) is -0.214. The Kier molecular flexibility index (Phi) is 3.47. The van der Waals surface area contributed by atoms with Gasteiger partial charge in [0.25, 0.3) is 0 Å². The Hall–Kier alpha value is -0.840. The van der Waals surface area contributed by atoms with E-state index >= 15 is 0 Å². The van der Waals surface area contributed by atoms with Crippen LogP contribution in [0.4, 0.5) is 5.69 Å². The number of carbonyl (C=O) groups excluding carboxylic acids is 1. The van der Waals surface area contributed by atoms with Crippen LogP contribution in [0, 0.1) is 5.41 Å². The predicted molar refractivity (Wildman–Crippen MR) is 90.0 cm³/mol. The molecule has 1 aromatic rings. The highest BCUT2D eigenvalue weighted by atomic mass is 35.5. The predicted octanol–water partition coefficient (Wildman–Crippen LogP) is 3.42. The number of thiocarbonyl (C=S) groups is 1. The van der Waals surface area contributed by atoms with Gasteiger partial charge >= 0.3 is 0 Å². The standard InChI is InChI=1S/C15H16Cl2N2OS/c1-9-7-10-5-3-4-6-11(10)19(9)13(21)18-12(20)14(2)8-15(14,16)17/h3-6,9H,7-8H2,1-2H3,(H,18,20,21)/t9-,14-/m0/s1. The van der Waals surface area contributed by atoms with E-state index in [0.717, 1.165) is 12.1 Å². The minimum Gasteiger partial charge on any atom is -0.315 e. The third-order valence-corrected chi connectivity index (χ3v) is 5.81. The molecule has 1 aromatic carbocycles. The Morgan fingerprint density at radius 2 is 2.05 bits per heavy atom. The third-order valence-electron chi connectivity index (χ3n) is 4.41. The van der Waals surface area contributed by atoms with E-state index in [0.29, 0.717) is 11.5 Å². The first-order valence-corrected chi connectivity index (χ1v) is 8.03. The van der Waals surface area contributed by atoms with Gasteiger partial charge in [0.15, 0.2) is 5.11 Å². The molecule has 0 unspecified atom stereocenters. The highest BCUT2D eigenvalue weighted by Gasteiger charge is 2.68. The summed E-state index contributed by atoms with van der Waals surface area (Å²) in [5, 5.41) is 3.21. The van der Waals surface area contributed by atoms with E-state index in [1.807, 2.05) is 23.1 Å². The van der Waals surface area contributed by atoms with Gasteiger partial charge in [0.2, 0.25) is 5.91 Å². The maximum absolute atomic E-state index is 12.3. The van der Waals surface area contributed by atoms with Gasteiger partial charge < -0.3 is 10.2 Å². The molecular formula is C15H16Cl2N2OS. The first-order valence-electron chi connectivity index (χ1n) is 6.87. The zero-order chi connectivity index (χ0) is 15.4. The second-order valence-electron chi connectivity index (χ2n) is 6.02. The molecular weight excluding hydrogens is 327 g/mol. The molecule has 1 fully saturated rings. The molecule has 0 aromatic heterocycles. The molecule has 1 N–H and O–H groups in total. The second-order valence-corrected chi connectivity index (χ2v) is 7.90. The van der Waals surface area contributed by atoms with Crippen LogP contribution in [0.3, 0.4) is 0 Å². The van der Waals surface area contributed by atoms with Gasteiger partial charge in [0.1, 0.15) is 4.33 Å².